The highest BCUT2D eigenvalue weighted by Gasteiger charge is 2.17. The first-order valence-electron chi connectivity index (χ1n) is 9.83. The molecule has 1 aromatic heterocycles. The quantitative estimate of drug-likeness (QED) is 0.577. The average Bonchev–Trinajstić information content (AvgIpc) is 3.06. The van der Waals surface area contributed by atoms with Gasteiger partial charge < -0.3 is 19.2 Å². The number of rotatable bonds is 7. The molecule has 1 saturated heterocycles. The highest BCUT2D eigenvalue weighted by molar-refractivity contribution is 5.97. The number of esters is 2. The summed E-state index contributed by atoms with van der Waals surface area (Å²) >= 11 is 0. The number of nitrogens with one attached hydrogen (secondary N) is 1. The third-order valence-electron chi connectivity index (χ3n) is 4.61. The van der Waals surface area contributed by atoms with Crippen LogP contribution in [0.15, 0.2) is 18.2 Å². The van der Waals surface area contributed by atoms with Crippen LogP contribution in [0.2, 0.25) is 0 Å². The van der Waals surface area contributed by atoms with E-state index in [2.05, 4.69) is 9.88 Å². The Hall–Kier alpha value is -2.54. The first-order valence-corrected chi connectivity index (χ1v) is 9.83. The molecule has 7 nitrogen and oxygen atoms in total. The molecule has 0 atom stereocenters. The fourth-order valence-electron chi connectivity index (χ4n) is 3.39. The van der Waals surface area contributed by atoms with Crippen molar-refractivity contribution >= 4 is 22.8 Å². The predicted octanol–water partition coefficient (Wildman–Crippen LogP) is 3.52. The molecule has 1 fully saturated rings. The lowest BCUT2D eigenvalue weighted by molar-refractivity contribution is -0.131. The van der Waals surface area contributed by atoms with E-state index in [1.807, 2.05) is 13.8 Å². The second kappa shape index (κ2) is 9.10. The van der Waals surface area contributed by atoms with Gasteiger partial charge in [-0.25, -0.2) is 4.79 Å². The second-order valence-corrected chi connectivity index (χ2v) is 7.36. The topological polar surface area (TPSA) is 80.9 Å². The van der Waals surface area contributed by atoms with Crippen LogP contribution < -0.4 is 9.47 Å². The molecule has 0 aliphatic carbocycles. The van der Waals surface area contributed by atoms with Crippen molar-refractivity contribution in [1.29, 1.82) is 0 Å². The average molecular weight is 388 g/mol. The highest BCUT2D eigenvalue weighted by atomic mass is 16.5. The molecule has 0 bridgehead atoms. The van der Waals surface area contributed by atoms with E-state index in [4.69, 9.17) is 14.2 Å². The molecule has 152 valence electrons. The first kappa shape index (κ1) is 20.2. The summed E-state index contributed by atoms with van der Waals surface area (Å²) in [4.78, 5) is 29.1. The summed E-state index contributed by atoms with van der Waals surface area (Å²) in [5, 5.41) is 0.743. The van der Waals surface area contributed by atoms with Gasteiger partial charge in [-0.3, -0.25) is 9.69 Å². The van der Waals surface area contributed by atoms with E-state index in [1.165, 1.54) is 26.2 Å². The molecule has 28 heavy (non-hydrogen) atoms. The third kappa shape index (κ3) is 5.25. The van der Waals surface area contributed by atoms with Crippen LogP contribution in [0, 0.1) is 0 Å². The van der Waals surface area contributed by atoms with Crippen molar-refractivity contribution in [1.82, 2.24) is 9.88 Å². The van der Waals surface area contributed by atoms with Crippen LogP contribution in [0.4, 0.5) is 0 Å². The minimum Gasteiger partial charge on any atom is -0.490 e. The van der Waals surface area contributed by atoms with Crippen molar-refractivity contribution in [3.63, 3.8) is 0 Å². The van der Waals surface area contributed by atoms with Gasteiger partial charge in [0, 0.05) is 31.0 Å². The van der Waals surface area contributed by atoms with E-state index < -0.39 is 11.9 Å². The molecule has 2 heterocycles. The summed E-state index contributed by atoms with van der Waals surface area (Å²) in [6.45, 7) is 8.41. The number of fused-ring (bicyclic) bond motifs is 1. The molecule has 0 radical (unpaired) electrons. The number of aromatic amines is 1. The number of likely N-dealkylation sites (tertiary alicyclic amines) is 1. The number of ether oxygens (including phenoxy) is 3. The lowest BCUT2D eigenvalue weighted by atomic mass is 10.1. The second-order valence-electron chi connectivity index (χ2n) is 7.36. The van der Waals surface area contributed by atoms with Crippen LogP contribution in [0.5, 0.6) is 11.5 Å². The van der Waals surface area contributed by atoms with Crippen LogP contribution in [-0.2, 0) is 9.53 Å². The molecule has 0 saturated carbocycles. The van der Waals surface area contributed by atoms with Gasteiger partial charge in [0.2, 0.25) is 0 Å². The van der Waals surface area contributed by atoms with Crippen molar-refractivity contribution in [3.05, 3.63) is 23.9 Å². The zero-order valence-electron chi connectivity index (χ0n) is 16.7. The number of benzene rings is 1. The fraction of sp³-hybridized carbons (Fsp3) is 0.524. The van der Waals surface area contributed by atoms with Gasteiger partial charge in [0.05, 0.1) is 11.6 Å². The fourth-order valence-corrected chi connectivity index (χ4v) is 3.39. The van der Waals surface area contributed by atoms with E-state index in [0.717, 1.165) is 25.0 Å². The van der Waals surface area contributed by atoms with Gasteiger partial charge in [-0.2, -0.15) is 0 Å². The number of hydrogen-bond donors (Lipinski definition) is 1. The molecule has 1 N–H and O–H groups in total. The molecule has 7 heteroatoms. The lowest BCUT2D eigenvalue weighted by Gasteiger charge is -2.25. The number of aromatic nitrogens is 1. The molecule has 1 aliphatic heterocycles. The maximum Gasteiger partial charge on any atom is 0.354 e. The largest absolute Gasteiger partial charge is 0.490 e. The smallest absolute Gasteiger partial charge is 0.354 e. The molecule has 0 amide bonds. The Bertz CT molecular complexity index is 837. The van der Waals surface area contributed by atoms with Gasteiger partial charge in [-0.1, -0.05) is 6.42 Å². The summed E-state index contributed by atoms with van der Waals surface area (Å²) in [6.07, 6.45) is 3.63. The Balaban J connectivity index is 1.73. The number of carbonyl (C=O) groups excluding carboxylic acids is 2. The van der Waals surface area contributed by atoms with Crippen molar-refractivity contribution in [3.8, 4) is 11.5 Å². The van der Waals surface area contributed by atoms with E-state index in [1.54, 1.807) is 18.2 Å². The normalized spacial score (nSPS) is 15.0. The van der Waals surface area contributed by atoms with E-state index in [9.17, 15) is 9.59 Å². The molecule has 0 spiro atoms. The first-order chi connectivity index (χ1) is 13.4. The van der Waals surface area contributed by atoms with Gasteiger partial charge in [0.1, 0.15) is 23.8 Å². The van der Waals surface area contributed by atoms with E-state index >= 15 is 0 Å². The summed E-state index contributed by atoms with van der Waals surface area (Å²) in [7, 11) is 0. The Kier molecular flexibility index (Phi) is 6.57. The molecule has 0 unspecified atom stereocenters. The maximum absolute atomic E-state index is 12.5. The van der Waals surface area contributed by atoms with Gasteiger partial charge in [0.15, 0.2) is 0 Å². The SMILES string of the molecule is CC(=O)Oc1cc(OC(C)C)c2cc(C(=O)OCCN3CCCCC3)[nH]c2c1. The molecule has 1 aromatic carbocycles. The molecule has 3 rings (SSSR count). The van der Waals surface area contributed by atoms with Crippen molar-refractivity contribution < 1.29 is 23.8 Å². The summed E-state index contributed by atoms with van der Waals surface area (Å²) in [5.74, 6) is 0.0892. The van der Waals surface area contributed by atoms with Crippen molar-refractivity contribution in [2.24, 2.45) is 0 Å². The zero-order valence-corrected chi connectivity index (χ0v) is 16.7. The Morgan fingerprint density at radius 2 is 1.89 bits per heavy atom. The van der Waals surface area contributed by atoms with Crippen LogP contribution in [0.25, 0.3) is 10.9 Å². The Morgan fingerprint density at radius 1 is 1.14 bits per heavy atom. The van der Waals surface area contributed by atoms with E-state index in [-0.39, 0.29) is 6.10 Å². The lowest BCUT2D eigenvalue weighted by Crippen LogP contribution is -2.33. The summed E-state index contributed by atoms with van der Waals surface area (Å²) in [5.41, 5.74) is 1.000. The molecular formula is C21H28N2O5. The van der Waals surface area contributed by atoms with Gasteiger partial charge in [-0.15, -0.1) is 0 Å². The predicted molar refractivity (Wildman–Crippen MR) is 106 cm³/mol. The van der Waals surface area contributed by atoms with Crippen LogP contribution in [-0.4, -0.2) is 54.2 Å². The van der Waals surface area contributed by atoms with E-state index in [0.29, 0.717) is 29.3 Å². The summed E-state index contributed by atoms with van der Waals surface area (Å²) in [6, 6.07) is 5.05. The minimum atomic E-state index is -0.418. The Labute approximate surface area is 164 Å². The van der Waals surface area contributed by atoms with Gasteiger partial charge >= 0.3 is 11.9 Å². The highest BCUT2D eigenvalue weighted by Crippen LogP contribution is 2.33. The molecule has 1 aliphatic rings. The third-order valence-corrected chi connectivity index (χ3v) is 4.61. The van der Waals surface area contributed by atoms with Crippen LogP contribution in [0.3, 0.4) is 0 Å². The molecule has 2 aromatic rings. The number of hydrogen-bond acceptors (Lipinski definition) is 6. The van der Waals surface area contributed by atoms with Crippen LogP contribution >= 0.6 is 0 Å². The van der Waals surface area contributed by atoms with Gasteiger partial charge in [0.25, 0.3) is 0 Å². The molecular weight excluding hydrogens is 360 g/mol. The number of carbonyl (C=O) groups is 2. The summed E-state index contributed by atoms with van der Waals surface area (Å²) < 4.78 is 16.5. The maximum atomic E-state index is 12.5. The zero-order chi connectivity index (χ0) is 20.1. The van der Waals surface area contributed by atoms with Crippen LogP contribution in [0.1, 0.15) is 50.5 Å². The minimum absolute atomic E-state index is 0.0642. The number of H-pyrrole nitrogens is 1. The van der Waals surface area contributed by atoms with Crippen molar-refractivity contribution in [2.45, 2.75) is 46.1 Å². The standard InChI is InChI=1S/C21H28N2O5/c1-14(2)27-20-12-16(28-15(3)24)11-18-17(20)13-19(22-18)21(25)26-10-9-23-7-5-4-6-8-23/h11-14,22H,4-10H2,1-3H3. The monoisotopic (exact) mass is 388 g/mol. The van der Waals surface area contributed by atoms with Crippen molar-refractivity contribution in [2.75, 3.05) is 26.2 Å². The van der Waals surface area contributed by atoms with Gasteiger partial charge in [-0.05, 0) is 45.8 Å². The number of piperidine rings is 1. The Morgan fingerprint density at radius 3 is 2.57 bits per heavy atom. The number of nitrogens with zero attached hydrogens (tertiary/aromatic N) is 1.